The van der Waals surface area contributed by atoms with Crippen molar-refractivity contribution in [3.05, 3.63) is 59.8 Å². The van der Waals surface area contributed by atoms with Crippen LogP contribution in [0.15, 0.2) is 54.7 Å². The first kappa shape index (κ1) is 26.1. The number of aliphatic hydroxyl groups excluding tert-OH is 2. The maximum atomic E-state index is 9.72. The Bertz CT molecular complexity index is 1410. The van der Waals surface area contributed by atoms with Gasteiger partial charge in [0.2, 0.25) is 5.95 Å². The van der Waals surface area contributed by atoms with Crippen molar-refractivity contribution in [1.29, 1.82) is 0 Å². The first-order valence-electron chi connectivity index (χ1n) is 12.4. The van der Waals surface area contributed by atoms with Crippen LogP contribution in [0.25, 0.3) is 16.8 Å². The molecule has 0 bridgehead atoms. The Balaban J connectivity index is 1.36. The van der Waals surface area contributed by atoms with Crippen LogP contribution in [0, 0.1) is 0 Å². The summed E-state index contributed by atoms with van der Waals surface area (Å²) in [4.78, 5) is 8.92. The van der Waals surface area contributed by atoms with Gasteiger partial charge in [-0.1, -0.05) is 11.6 Å². The smallest absolute Gasteiger partial charge is 0.245 e. The van der Waals surface area contributed by atoms with Crippen LogP contribution in [0.2, 0.25) is 5.02 Å². The van der Waals surface area contributed by atoms with Gasteiger partial charge in [0.25, 0.3) is 0 Å². The van der Waals surface area contributed by atoms with Crippen molar-refractivity contribution in [2.24, 2.45) is 0 Å². The van der Waals surface area contributed by atoms with E-state index in [0.29, 0.717) is 29.0 Å². The third-order valence-corrected chi connectivity index (χ3v) is 6.92. The molecule has 1 aliphatic heterocycles. The third kappa shape index (κ3) is 5.48. The fourth-order valence-corrected chi connectivity index (χ4v) is 4.86. The van der Waals surface area contributed by atoms with Gasteiger partial charge >= 0.3 is 0 Å². The summed E-state index contributed by atoms with van der Waals surface area (Å²) in [5.41, 5.74) is 4.29. The van der Waals surface area contributed by atoms with Crippen molar-refractivity contribution in [3.63, 3.8) is 0 Å². The highest BCUT2D eigenvalue weighted by Crippen LogP contribution is 2.34. The summed E-state index contributed by atoms with van der Waals surface area (Å²) in [5, 5.41) is 27.4. The summed E-state index contributed by atoms with van der Waals surface area (Å²) >= 11 is 6.27. The lowest BCUT2D eigenvalue weighted by molar-refractivity contribution is 0.0575. The molecular formula is C27H31ClN6O4. The van der Waals surface area contributed by atoms with Gasteiger partial charge in [0.15, 0.2) is 0 Å². The average Bonchev–Trinajstić information content (AvgIpc) is 3.36. The van der Waals surface area contributed by atoms with Crippen molar-refractivity contribution >= 4 is 34.4 Å². The Morgan fingerprint density at radius 2 is 1.79 bits per heavy atom. The Kier molecular flexibility index (Phi) is 7.85. The number of ether oxygens (including phenoxy) is 2. The largest absolute Gasteiger partial charge is 0.496 e. The number of β-amino-alcohol motifs (C(OH)–C–C–N with tert-alkyl or cyclic N) is 1. The second-order valence-electron chi connectivity index (χ2n) is 9.12. The summed E-state index contributed by atoms with van der Waals surface area (Å²) in [7, 11) is 3.26. The molecule has 0 amide bonds. The Labute approximate surface area is 226 Å². The molecule has 0 aliphatic carbocycles. The van der Waals surface area contributed by atoms with Crippen molar-refractivity contribution in [2.75, 3.05) is 63.8 Å². The van der Waals surface area contributed by atoms with Gasteiger partial charge in [0.05, 0.1) is 50.0 Å². The number of nitrogens with one attached hydrogen (secondary N) is 1. The molecule has 10 nitrogen and oxygen atoms in total. The molecule has 2 aromatic carbocycles. The van der Waals surface area contributed by atoms with E-state index >= 15 is 0 Å². The van der Waals surface area contributed by atoms with Crippen LogP contribution in [0.1, 0.15) is 0 Å². The Morgan fingerprint density at radius 3 is 2.53 bits per heavy atom. The van der Waals surface area contributed by atoms with E-state index in [1.807, 2.05) is 42.5 Å². The van der Waals surface area contributed by atoms with Crippen molar-refractivity contribution < 1.29 is 19.7 Å². The first-order valence-corrected chi connectivity index (χ1v) is 12.8. The summed E-state index contributed by atoms with van der Waals surface area (Å²) in [6.07, 6.45) is 1.05. The van der Waals surface area contributed by atoms with E-state index in [0.717, 1.165) is 54.3 Å². The molecule has 3 N–H and O–H groups in total. The highest BCUT2D eigenvalue weighted by Gasteiger charge is 2.20. The quantitative estimate of drug-likeness (QED) is 0.296. The number of aliphatic hydroxyl groups is 2. The second-order valence-corrected chi connectivity index (χ2v) is 9.55. The summed E-state index contributed by atoms with van der Waals surface area (Å²) in [6.45, 7) is 3.51. The number of benzene rings is 2. The number of nitrogens with zero attached hydrogens (tertiary/aromatic N) is 5. The lowest BCUT2D eigenvalue weighted by atomic mass is 10.1. The number of anilines is 3. The fourth-order valence-electron chi connectivity index (χ4n) is 4.69. The van der Waals surface area contributed by atoms with E-state index in [1.54, 1.807) is 31.0 Å². The van der Waals surface area contributed by atoms with E-state index in [2.05, 4.69) is 20.1 Å². The zero-order valence-electron chi connectivity index (χ0n) is 21.3. The Hall–Kier alpha value is -3.57. The normalized spacial score (nSPS) is 15.0. The van der Waals surface area contributed by atoms with E-state index < -0.39 is 6.10 Å². The molecule has 0 radical (unpaired) electrons. The lowest BCUT2D eigenvalue weighted by Gasteiger charge is -2.36. The zero-order valence-corrected chi connectivity index (χ0v) is 22.1. The standard InChI is InChI=1S/C27H31ClN6O4/c1-37-25-8-3-18(28)13-22(25)24-7-5-20-15-29-27(31-34(20)24)30-23-6-4-19(14-26(23)38-2)33-11-9-32(10-12-33)16-21(36)17-35/h3-8,13-15,21,35-36H,9-12,16-17H2,1-2H3,(H,30,31)/t21-/m0/s1. The topological polar surface area (TPSA) is 108 Å². The van der Waals surface area contributed by atoms with Crippen LogP contribution >= 0.6 is 11.6 Å². The van der Waals surface area contributed by atoms with Gasteiger partial charge in [-0.2, -0.15) is 0 Å². The molecule has 1 fully saturated rings. The minimum atomic E-state index is -0.705. The van der Waals surface area contributed by atoms with Crippen molar-refractivity contribution in [1.82, 2.24) is 19.5 Å². The number of rotatable bonds is 9. The highest BCUT2D eigenvalue weighted by atomic mass is 35.5. The molecule has 0 unspecified atom stereocenters. The molecule has 1 atom stereocenters. The van der Waals surface area contributed by atoms with Gasteiger partial charge in [0.1, 0.15) is 11.5 Å². The van der Waals surface area contributed by atoms with Crippen LogP contribution in [-0.2, 0) is 0 Å². The van der Waals surface area contributed by atoms with Gasteiger partial charge in [-0.05, 0) is 42.5 Å². The van der Waals surface area contributed by atoms with Gasteiger partial charge in [-0.25, -0.2) is 9.50 Å². The molecule has 11 heteroatoms. The third-order valence-electron chi connectivity index (χ3n) is 6.68. The van der Waals surface area contributed by atoms with E-state index in [9.17, 15) is 5.11 Å². The molecule has 1 aliphatic rings. The Morgan fingerprint density at radius 1 is 1.00 bits per heavy atom. The second kappa shape index (κ2) is 11.4. The number of hydrogen-bond acceptors (Lipinski definition) is 9. The van der Waals surface area contributed by atoms with Gasteiger partial charge in [0, 0.05) is 55.1 Å². The fraction of sp³-hybridized carbons (Fsp3) is 0.333. The maximum absolute atomic E-state index is 9.72. The summed E-state index contributed by atoms with van der Waals surface area (Å²) in [6, 6.07) is 15.4. The molecule has 4 aromatic rings. The lowest BCUT2D eigenvalue weighted by Crippen LogP contribution is -2.49. The van der Waals surface area contributed by atoms with Crippen molar-refractivity contribution in [3.8, 4) is 22.8 Å². The molecular weight excluding hydrogens is 508 g/mol. The van der Waals surface area contributed by atoms with Crippen molar-refractivity contribution in [2.45, 2.75) is 6.10 Å². The number of halogens is 1. The highest BCUT2D eigenvalue weighted by molar-refractivity contribution is 6.31. The molecule has 5 rings (SSSR count). The number of fused-ring (bicyclic) bond motifs is 1. The number of methoxy groups -OCH3 is 2. The van der Waals surface area contributed by atoms with E-state index in [1.165, 1.54) is 0 Å². The molecule has 0 spiro atoms. The van der Waals surface area contributed by atoms with Crippen LogP contribution in [0.3, 0.4) is 0 Å². The van der Waals surface area contributed by atoms with Gasteiger partial charge in [-0.15, -0.1) is 5.10 Å². The summed E-state index contributed by atoms with van der Waals surface area (Å²) in [5.74, 6) is 1.79. The average molecular weight is 539 g/mol. The molecule has 200 valence electrons. The number of aromatic nitrogens is 3. The predicted molar refractivity (Wildman–Crippen MR) is 148 cm³/mol. The minimum Gasteiger partial charge on any atom is -0.496 e. The van der Waals surface area contributed by atoms with E-state index in [4.69, 9.17) is 31.3 Å². The monoisotopic (exact) mass is 538 g/mol. The van der Waals surface area contributed by atoms with Gasteiger partial charge in [-0.3, -0.25) is 4.90 Å². The van der Waals surface area contributed by atoms with Crippen LogP contribution in [-0.4, -0.2) is 89.4 Å². The van der Waals surface area contributed by atoms with Gasteiger partial charge < -0.3 is 29.9 Å². The molecule has 3 heterocycles. The number of hydrogen-bond donors (Lipinski definition) is 3. The predicted octanol–water partition coefficient (Wildman–Crippen LogP) is 3.29. The van der Waals surface area contributed by atoms with Crippen LogP contribution in [0.5, 0.6) is 11.5 Å². The molecule has 0 saturated carbocycles. The van der Waals surface area contributed by atoms with E-state index in [-0.39, 0.29) is 6.61 Å². The first-order chi connectivity index (χ1) is 18.5. The zero-order chi connectivity index (χ0) is 26.6. The van der Waals surface area contributed by atoms with Crippen LogP contribution < -0.4 is 19.7 Å². The molecule has 1 saturated heterocycles. The maximum Gasteiger partial charge on any atom is 0.245 e. The molecule has 2 aromatic heterocycles. The SMILES string of the molecule is COc1cc(N2CCN(C[C@H](O)CO)CC2)ccc1Nc1ncc2ccc(-c3cc(Cl)ccc3OC)n2n1. The summed E-state index contributed by atoms with van der Waals surface area (Å²) < 4.78 is 13.0. The van der Waals surface area contributed by atoms with Crippen LogP contribution in [0.4, 0.5) is 17.3 Å². The number of piperazine rings is 1. The minimum absolute atomic E-state index is 0.219. The molecule has 38 heavy (non-hydrogen) atoms.